The van der Waals surface area contributed by atoms with Crippen molar-refractivity contribution in [1.82, 2.24) is 9.97 Å². The topological polar surface area (TPSA) is 29.0 Å². The molecular formula is C11H19N3S. The summed E-state index contributed by atoms with van der Waals surface area (Å²) in [5, 5.41) is 0. The third kappa shape index (κ3) is 3.70. The van der Waals surface area contributed by atoms with E-state index >= 15 is 0 Å². The molecule has 1 aromatic heterocycles. The largest absolute Gasteiger partial charge is 0.341 e. The summed E-state index contributed by atoms with van der Waals surface area (Å²) in [7, 11) is 2.05. The van der Waals surface area contributed by atoms with Crippen LogP contribution in [0.5, 0.6) is 0 Å². The zero-order valence-electron chi connectivity index (χ0n) is 9.90. The molecule has 0 N–H and O–H groups in total. The van der Waals surface area contributed by atoms with E-state index in [0.29, 0.717) is 6.04 Å². The molecule has 1 rings (SSSR count). The van der Waals surface area contributed by atoms with Gasteiger partial charge in [0.05, 0.1) is 0 Å². The third-order valence-electron chi connectivity index (χ3n) is 2.48. The van der Waals surface area contributed by atoms with Crippen molar-refractivity contribution in [3.63, 3.8) is 0 Å². The molecule has 1 atom stereocenters. The number of hydrogen-bond acceptors (Lipinski definition) is 4. The van der Waals surface area contributed by atoms with E-state index in [1.807, 2.05) is 31.1 Å². The van der Waals surface area contributed by atoms with Gasteiger partial charge in [-0.15, -0.1) is 0 Å². The second kappa shape index (κ2) is 5.95. The van der Waals surface area contributed by atoms with Gasteiger partial charge >= 0.3 is 0 Å². The number of nitrogens with zero attached hydrogens (tertiary/aromatic N) is 3. The summed E-state index contributed by atoms with van der Waals surface area (Å²) < 4.78 is 0. The molecule has 0 radical (unpaired) electrons. The molecular weight excluding hydrogens is 206 g/mol. The molecule has 84 valence electrons. The minimum Gasteiger partial charge on any atom is -0.341 e. The summed E-state index contributed by atoms with van der Waals surface area (Å²) in [5.41, 5.74) is 1.10. The third-order valence-corrected chi connectivity index (χ3v) is 3.13. The fraction of sp³-hybridized carbons (Fsp3) is 0.636. The zero-order chi connectivity index (χ0) is 11.3. The van der Waals surface area contributed by atoms with Gasteiger partial charge in [0.15, 0.2) is 0 Å². The molecule has 0 aliphatic heterocycles. The number of thioether (sulfide) groups is 1. The highest BCUT2D eigenvalue weighted by Crippen LogP contribution is 2.12. The van der Waals surface area contributed by atoms with E-state index < -0.39 is 0 Å². The van der Waals surface area contributed by atoms with Gasteiger partial charge in [-0.3, -0.25) is 0 Å². The summed E-state index contributed by atoms with van der Waals surface area (Å²) in [5.74, 6) is 1.99. The minimum absolute atomic E-state index is 0.486. The van der Waals surface area contributed by atoms with Crippen LogP contribution in [0.4, 0.5) is 5.95 Å². The van der Waals surface area contributed by atoms with Crippen molar-refractivity contribution in [2.45, 2.75) is 26.3 Å². The summed E-state index contributed by atoms with van der Waals surface area (Å²) in [6.45, 7) is 4.21. The van der Waals surface area contributed by atoms with Gasteiger partial charge in [0.25, 0.3) is 0 Å². The first-order valence-corrected chi connectivity index (χ1v) is 6.55. The molecule has 0 saturated carbocycles. The zero-order valence-corrected chi connectivity index (χ0v) is 10.7. The van der Waals surface area contributed by atoms with Gasteiger partial charge in [0.1, 0.15) is 0 Å². The lowest BCUT2D eigenvalue weighted by atomic mass is 10.2. The molecule has 0 aliphatic rings. The summed E-state index contributed by atoms with van der Waals surface area (Å²) in [6, 6.07) is 0.486. The summed E-state index contributed by atoms with van der Waals surface area (Å²) in [4.78, 5) is 10.8. The van der Waals surface area contributed by atoms with Gasteiger partial charge in [0, 0.05) is 25.5 Å². The smallest absolute Gasteiger partial charge is 0.225 e. The maximum atomic E-state index is 4.32. The molecule has 0 saturated heterocycles. The van der Waals surface area contributed by atoms with E-state index in [2.05, 4.69) is 35.1 Å². The van der Waals surface area contributed by atoms with Gasteiger partial charge in [-0.25, -0.2) is 9.97 Å². The molecule has 0 amide bonds. The number of anilines is 1. The predicted octanol–water partition coefficient (Wildman–Crippen LogP) is 2.36. The maximum absolute atomic E-state index is 4.32. The van der Waals surface area contributed by atoms with Crippen LogP contribution in [-0.2, 0) is 0 Å². The van der Waals surface area contributed by atoms with Gasteiger partial charge in [-0.2, -0.15) is 11.8 Å². The first kappa shape index (κ1) is 12.3. The van der Waals surface area contributed by atoms with Crippen LogP contribution >= 0.6 is 11.8 Å². The molecule has 4 heteroatoms. The number of rotatable bonds is 5. The highest BCUT2D eigenvalue weighted by Gasteiger charge is 2.11. The maximum Gasteiger partial charge on any atom is 0.225 e. The van der Waals surface area contributed by atoms with E-state index in [1.54, 1.807) is 0 Å². The van der Waals surface area contributed by atoms with Crippen molar-refractivity contribution in [3.05, 3.63) is 18.0 Å². The standard InChI is InChI=1S/C11H19N3S/c1-9-7-12-11(13-8-9)14(3)10(2)5-6-15-4/h7-8,10H,5-6H2,1-4H3. The molecule has 0 fully saturated rings. The highest BCUT2D eigenvalue weighted by molar-refractivity contribution is 7.98. The SMILES string of the molecule is CSCCC(C)N(C)c1ncc(C)cn1. The van der Waals surface area contributed by atoms with Crippen LogP contribution in [0.3, 0.4) is 0 Å². The Morgan fingerprint density at radius 3 is 2.53 bits per heavy atom. The summed E-state index contributed by atoms with van der Waals surface area (Å²) in [6.07, 6.45) is 7.02. The second-order valence-electron chi connectivity index (χ2n) is 3.80. The average molecular weight is 225 g/mol. The van der Waals surface area contributed by atoms with Crippen molar-refractivity contribution in [2.24, 2.45) is 0 Å². The highest BCUT2D eigenvalue weighted by atomic mass is 32.2. The van der Waals surface area contributed by atoms with E-state index in [-0.39, 0.29) is 0 Å². The van der Waals surface area contributed by atoms with E-state index in [1.165, 1.54) is 5.75 Å². The van der Waals surface area contributed by atoms with Crippen molar-refractivity contribution < 1.29 is 0 Å². The Hall–Kier alpha value is -0.770. The van der Waals surface area contributed by atoms with Crippen LogP contribution in [0, 0.1) is 6.92 Å². The Balaban J connectivity index is 2.59. The second-order valence-corrected chi connectivity index (χ2v) is 4.79. The average Bonchev–Trinajstić information content (AvgIpc) is 2.26. The van der Waals surface area contributed by atoms with Crippen LogP contribution in [0.2, 0.25) is 0 Å². The quantitative estimate of drug-likeness (QED) is 0.769. The Kier molecular flexibility index (Phi) is 4.88. The first-order chi connectivity index (χ1) is 7.15. The predicted molar refractivity (Wildman–Crippen MR) is 67.6 cm³/mol. The van der Waals surface area contributed by atoms with Gasteiger partial charge < -0.3 is 4.90 Å². The van der Waals surface area contributed by atoms with Crippen LogP contribution in [0.25, 0.3) is 0 Å². The summed E-state index contributed by atoms with van der Waals surface area (Å²) >= 11 is 1.88. The van der Waals surface area contributed by atoms with Crippen LogP contribution in [0.15, 0.2) is 12.4 Å². The Morgan fingerprint density at radius 2 is 2.00 bits per heavy atom. The van der Waals surface area contributed by atoms with Crippen LogP contribution in [-0.4, -0.2) is 35.1 Å². The van der Waals surface area contributed by atoms with Crippen molar-refractivity contribution in [3.8, 4) is 0 Å². The van der Waals surface area contributed by atoms with Crippen molar-refractivity contribution in [2.75, 3.05) is 24.0 Å². The fourth-order valence-corrected chi connectivity index (χ4v) is 1.82. The molecule has 0 aromatic carbocycles. The van der Waals surface area contributed by atoms with E-state index in [4.69, 9.17) is 0 Å². The van der Waals surface area contributed by atoms with Gasteiger partial charge in [-0.05, 0) is 37.8 Å². The van der Waals surface area contributed by atoms with E-state index in [9.17, 15) is 0 Å². The number of aryl methyl sites for hydroxylation is 1. The molecule has 1 unspecified atom stereocenters. The van der Waals surface area contributed by atoms with Crippen LogP contribution < -0.4 is 4.90 Å². The van der Waals surface area contributed by atoms with Crippen molar-refractivity contribution in [1.29, 1.82) is 0 Å². The number of aromatic nitrogens is 2. The Bertz CT molecular complexity index is 286. The molecule has 0 bridgehead atoms. The van der Waals surface area contributed by atoms with Gasteiger partial charge in [-0.1, -0.05) is 0 Å². The van der Waals surface area contributed by atoms with Gasteiger partial charge in [0.2, 0.25) is 5.95 Å². The minimum atomic E-state index is 0.486. The number of hydrogen-bond donors (Lipinski definition) is 0. The Morgan fingerprint density at radius 1 is 1.40 bits per heavy atom. The Labute approximate surface area is 96.3 Å². The lowest BCUT2D eigenvalue weighted by Gasteiger charge is -2.24. The van der Waals surface area contributed by atoms with Crippen LogP contribution in [0.1, 0.15) is 18.9 Å². The monoisotopic (exact) mass is 225 g/mol. The molecule has 1 heterocycles. The molecule has 0 aliphatic carbocycles. The molecule has 1 aromatic rings. The molecule has 0 spiro atoms. The van der Waals surface area contributed by atoms with Crippen molar-refractivity contribution >= 4 is 17.7 Å². The lowest BCUT2D eigenvalue weighted by molar-refractivity contribution is 0.653. The molecule has 3 nitrogen and oxygen atoms in total. The normalized spacial score (nSPS) is 12.5. The first-order valence-electron chi connectivity index (χ1n) is 5.15. The van der Waals surface area contributed by atoms with E-state index in [0.717, 1.165) is 17.9 Å². The lowest BCUT2D eigenvalue weighted by Crippen LogP contribution is -2.30. The fourth-order valence-electron chi connectivity index (χ4n) is 1.25. The molecule has 15 heavy (non-hydrogen) atoms.